The van der Waals surface area contributed by atoms with E-state index in [0.717, 1.165) is 11.4 Å². The molecular weight excluding hydrogens is 927 g/mol. The molecule has 0 saturated carbocycles. The van der Waals surface area contributed by atoms with Crippen molar-refractivity contribution in [2.75, 3.05) is 4.90 Å². The molecule has 0 saturated heterocycles. The van der Waals surface area contributed by atoms with Gasteiger partial charge in [0.15, 0.2) is 0 Å². The normalized spacial score (nSPS) is 12.5. The highest BCUT2D eigenvalue weighted by Gasteiger charge is 2.30. The minimum absolute atomic E-state index is 1.13. The van der Waals surface area contributed by atoms with E-state index in [1.807, 2.05) is 0 Å². The van der Waals surface area contributed by atoms with Gasteiger partial charge in [-0.1, -0.05) is 182 Å². The molecule has 354 valence electrons. The fraction of sp³-hybridized carbons (Fsp3) is 0.0263. The van der Waals surface area contributed by atoms with Gasteiger partial charge in [-0.05, 0) is 237 Å². The molecule has 0 radical (unpaired) electrons. The average molecular weight is 972 g/mol. The van der Waals surface area contributed by atoms with Crippen molar-refractivity contribution in [1.29, 1.82) is 0 Å². The summed E-state index contributed by atoms with van der Waals surface area (Å²) in [5.41, 5.74) is 16.5. The van der Waals surface area contributed by atoms with Gasteiger partial charge in [0, 0.05) is 16.8 Å². The van der Waals surface area contributed by atoms with Crippen LogP contribution in [0, 0.1) is 13.8 Å². The molecule has 0 bridgehead atoms. The first-order chi connectivity index (χ1) is 38.1. The van der Waals surface area contributed by atoms with Crippen LogP contribution in [-0.4, -0.2) is 0 Å². The summed E-state index contributed by atoms with van der Waals surface area (Å²) in [7, 11) is 0. The second-order valence-electron chi connectivity index (χ2n) is 21.8. The van der Waals surface area contributed by atoms with Gasteiger partial charge in [-0.25, -0.2) is 0 Å². The Morgan fingerprint density at radius 1 is 0.221 bits per heavy atom. The zero-order valence-corrected chi connectivity index (χ0v) is 42.5. The molecule has 18 rings (SSSR count). The number of rotatable bonds is 5. The number of benzene rings is 15. The molecule has 1 heteroatoms. The van der Waals surface area contributed by atoms with Crippen molar-refractivity contribution in [2.24, 2.45) is 0 Å². The van der Waals surface area contributed by atoms with Gasteiger partial charge in [0.1, 0.15) is 0 Å². The van der Waals surface area contributed by atoms with Crippen LogP contribution < -0.4 is 4.90 Å². The second kappa shape index (κ2) is 14.9. The molecule has 0 aliphatic heterocycles. The lowest BCUT2D eigenvalue weighted by Gasteiger charge is -2.27. The number of fused-ring (bicyclic) bond motifs is 13. The van der Waals surface area contributed by atoms with E-state index in [-0.39, 0.29) is 0 Å². The van der Waals surface area contributed by atoms with Gasteiger partial charge in [-0.15, -0.1) is 0 Å². The summed E-state index contributed by atoms with van der Waals surface area (Å²) in [4.78, 5) is 2.41. The minimum atomic E-state index is 1.13. The lowest BCUT2D eigenvalue weighted by atomic mass is 9.84. The van der Waals surface area contributed by atoms with E-state index in [2.05, 4.69) is 255 Å². The third kappa shape index (κ3) is 5.33. The Morgan fingerprint density at radius 3 is 1.16 bits per heavy atom. The van der Waals surface area contributed by atoms with Crippen molar-refractivity contribution in [3.8, 4) is 44.5 Å². The summed E-state index contributed by atoms with van der Waals surface area (Å²) in [6.07, 6.45) is 0. The Morgan fingerprint density at radius 2 is 0.623 bits per heavy atom. The van der Waals surface area contributed by atoms with Gasteiger partial charge in [0.05, 0.1) is 5.69 Å². The summed E-state index contributed by atoms with van der Waals surface area (Å²) in [5, 5.41) is 29.0. The maximum atomic E-state index is 2.58. The molecule has 1 aliphatic carbocycles. The molecule has 77 heavy (non-hydrogen) atoms. The van der Waals surface area contributed by atoms with Crippen LogP contribution in [0.4, 0.5) is 17.1 Å². The van der Waals surface area contributed by atoms with E-state index >= 15 is 0 Å². The maximum absolute atomic E-state index is 2.58. The third-order valence-electron chi connectivity index (χ3n) is 18.0. The largest absolute Gasteiger partial charge is 0.310 e. The van der Waals surface area contributed by atoms with Crippen LogP contribution in [0.2, 0.25) is 0 Å². The standard InChI is InChI=1S/C76H45N/c1-42-16-9-13-24-48(42)69-65-40-63-50-26-15-27-58-67(77(46-20-5-3-6-21-46)47-22-7-4-8-23-47)37-36-55(68(50)58)64(63)41-66(65)70(49-25-14-10-17-43(49)2)76-60-35-33-54-52-29-31-57-62-39-45-19-12-11-18-44(45)38-61(62)56-30-28-51(71(52)73(56)57)53-32-34-59(75(69)76)74(60)72(53)54/h3-41H,1-2H3. The van der Waals surface area contributed by atoms with E-state index < -0.39 is 0 Å². The first-order valence-electron chi connectivity index (χ1n) is 27.1. The number of hydrogen-bond acceptors (Lipinski definition) is 1. The molecule has 0 amide bonds. The van der Waals surface area contributed by atoms with E-state index in [1.165, 1.54) is 180 Å². The van der Waals surface area contributed by atoms with Gasteiger partial charge >= 0.3 is 0 Å². The Hall–Kier alpha value is -9.82. The number of anilines is 3. The first kappa shape index (κ1) is 41.5. The van der Waals surface area contributed by atoms with Gasteiger partial charge in [0.2, 0.25) is 0 Å². The van der Waals surface area contributed by atoms with E-state index in [1.54, 1.807) is 0 Å². The molecule has 0 fully saturated rings. The van der Waals surface area contributed by atoms with Crippen LogP contribution in [0.1, 0.15) is 11.1 Å². The highest BCUT2D eigenvalue weighted by molar-refractivity contribution is 6.48. The third-order valence-corrected chi connectivity index (χ3v) is 18.0. The van der Waals surface area contributed by atoms with Gasteiger partial charge in [-0.3, -0.25) is 0 Å². The summed E-state index contributed by atoms with van der Waals surface area (Å²) in [6.45, 7) is 4.59. The Balaban J connectivity index is 0.985. The van der Waals surface area contributed by atoms with Crippen LogP contribution in [-0.2, 0) is 0 Å². The van der Waals surface area contributed by atoms with Gasteiger partial charge in [-0.2, -0.15) is 0 Å². The SMILES string of the molecule is Cc1ccccc1-c1c2cc3c(cc2c(-c2ccccc2C)c2c4ccc5c6ccc7c8c(ccc(c9ccc(c12)c4c95)c86)-c1cc2ccccc2cc1-7)c1ccc(N(c2ccccc2)c2ccccc2)c2cccc3c21. The molecule has 0 aromatic heterocycles. The molecule has 1 nitrogen and oxygen atoms in total. The number of nitrogens with zero attached hydrogens (tertiary/aromatic N) is 1. The summed E-state index contributed by atoms with van der Waals surface area (Å²) < 4.78 is 0. The minimum Gasteiger partial charge on any atom is -0.310 e. The lowest BCUT2D eigenvalue weighted by molar-refractivity contribution is 1.30. The van der Waals surface area contributed by atoms with Crippen LogP contribution in [0.25, 0.3) is 163 Å². The van der Waals surface area contributed by atoms with E-state index in [9.17, 15) is 0 Å². The molecule has 0 heterocycles. The number of para-hydroxylation sites is 2. The molecule has 0 N–H and O–H groups in total. The molecule has 17 aromatic carbocycles. The zero-order valence-electron chi connectivity index (χ0n) is 42.5. The van der Waals surface area contributed by atoms with Gasteiger partial charge < -0.3 is 4.90 Å². The second-order valence-corrected chi connectivity index (χ2v) is 21.8. The van der Waals surface area contributed by atoms with Crippen molar-refractivity contribution >= 4 is 136 Å². The highest BCUT2D eigenvalue weighted by atomic mass is 15.1. The van der Waals surface area contributed by atoms with Crippen LogP contribution >= 0.6 is 0 Å². The zero-order chi connectivity index (χ0) is 50.4. The molecule has 0 unspecified atom stereocenters. The van der Waals surface area contributed by atoms with Gasteiger partial charge in [0.25, 0.3) is 0 Å². The predicted octanol–water partition coefficient (Wildman–Crippen LogP) is 21.8. The number of aryl methyl sites for hydroxylation is 2. The fourth-order valence-corrected chi connectivity index (χ4v) is 14.8. The first-order valence-corrected chi connectivity index (χ1v) is 27.1. The molecule has 1 aliphatic rings. The molecular formula is C76H45N. The summed E-state index contributed by atoms with van der Waals surface area (Å²) in [6, 6.07) is 89.8. The smallest absolute Gasteiger partial charge is 0.0540 e. The highest BCUT2D eigenvalue weighted by Crippen LogP contribution is 2.58. The van der Waals surface area contributed by atoms with Crippen molar-refractivity contribution in [1.82, 2.24) is 0 Å². The lowest BCUT2D eigenvalue weighted by Crippen LogP contribution is -2.10. The summed E-state index contributed by atoms with van der Waals surface area (Å²) >= 11 is 0. The number of hydrogen-bond donors (Lipinski definition) is 0. The van der Waals surface area contributed by atoms with Crippen LogP contribution in [0.3, 0.4) is 0 Å². The molecule has 0 atom stereocenters. The van der Waals surface area contributed by atoms with Crippen molar-refractivity contribution in [3.05, 3.63) is 248 Å². The van der Waals surface area contributed by atoms with Crippen molar-refractivity contribution in [2.45, 2.75) is 13.8 Å². The topological polar surface area (TPSA) is 3.24 Å². The molecule has 17 aromatic rings. The van der Waals surface area contributed by atoms with Crippen LogP contribution in [0.5, 0.6) is 0 Å². The monoisotopic (exact) mass is 971 g/mol. The Labute approximate surface area is 444 Å². The Bertz CT molecular complexity index is 5110. The van der Waals surface area contributed by atoms with Crippen molar-refractivity contribution in [3.63, 3.8) is 0 Å². The Kier molecular flexibility index (Phi) is 8.06. The van der Waals surface area contributed by atoms with E-state index in [4.69, 9.17) is 0 Å². The summed E-state index contributed by atoms with van der Waals surface area (Å²) in [5.74, 6) is 0. The fourth-order valence-electron chi connectivity index (χ4n) is 14.8. The van der Waals surface area contributed by atoms with E-state index in [0.29, 0.717) is 0 Å². The predicted molar refractivity (Wildman–Crippen MR) is 332 cm³/mol. The quantitative estimate of drug-likeness (QED) is 0.123. The molecule has 0 spiro atoms. The average Bonchev–Trinajstić information content (AvgIpc) is 4.30. The van der Waals surface area contributed by atoms with Crippen LogP contribution in [0.15, 0.2) is 237 Å². The van der Waals surface area contributed by atoms with Crippen molar-refractivity contribution < 1.29 is 0 Å². The maximum Gasteiger partial charge on any atom is 0.0540 e.